The smallest absolute Gasteiger partial charge is 0.0462 e. The minimum Gasteiger partial charge on any atom is -0.396 e. The number of hydrogen-bond donors (Lipinski definition) is 2. The van der Waals surface area contributed by atoms with Gasteiger partial charge in [-0.3, -0.25) is 0 Å². The quantitative estimate of drug-likeness (QED) is 0.671. The van der Waals surface area contributed by atoms with E-state index in [9.17, 15) is 5.11 Å². The highest BCUT2D eigenvalue weighted by Gasteiger charge is 2.30. The zero-order valence-electron chi connectivity index (χ0n) is 12.0. The standard InChI is InChI=1S/C15H31NO/c1-4-10-16-11-7-14(12-17)13-5-8-15(2,3)9-6-13/h13-14,16-17H,4-12H2,1-3H3. The Bertz CT molecular complexity index is 193. The Hall–Kier alpha value is -0.0800. The van der Waals surface area contributed by atoms with Crippen molar-refractivity contribution in [1.82, 2.24) is 5.32 Å². The van der Waals surface area contributed by atoms with Crippen molar-refractivity contribution in [3.05, 3.63) is 0 Å². The fourth-order valence-corrected chi connectivity index (χ4v) is 2.96. The minimum atomic E-state index is 0.374. The molecule has 1 aliphatic carbocycles. The second-order valence-electron chi connectivity index (χ2n) is 6.48. The molecule has 0 bridgehead atoms. The third-order valence-corrected chi connectivity index (χ3v) is 4.40. The molecular formula is C15H31NO. The van der Waals surface area contributed by atoms with Gasteiger partial charge >= 0.3 is 0 Å². The predicted molar refractivity (Wildman–Crippen MR) is 74.1 cm³/mol. The molecule has 0 amide bonds. The second kappa shape index (κ2) is 7.38. The van der Waals surface area contributed by atoms with E-state index in [4.69, 9.17) is 0 Å². The Kier molecular flexibility index (Phi) is 6.50. The molecule has 2 heteroatoms. The van der Waals surface area contributed by atoms with E-state index in [1.54, 1.807) is 0 Å². The van der Waals surface area contributed by atoms with Gasteiger partial charge in [0.25, 0.3) is 0 Å². The van der Waals surface area contributed by atoms with Gasteiger partial charge in [-0.25, -0.2) is 0 Å². The molecule has 1 fully saturated rings. The van der Waals surface area contributed by atoms with Gasteiger partial charge in [-0.2, -0.15) is 0 Å². The molecule has 0 saturated heterocycles. The van der Waals surface area contributed by atoms with Crippen molar-refractivity contribution in [2.75, 3.05) is 19.7 Å². The molecule has 0 aromatic carbocycles. The molecule has 0 radical (unpaired) electrons. The number of aliphatic hydroxyl groups excluding tert-OH is 1. The van der Waals surface area contributed by atoms with Crippen LogP contribution in [0.1, 0.15) is 59.3 Å². The van der Waals surface area contributed by atoms with Crippen LogP contribution in [0.15, 0.2) is 0 Å². The highest BCUT2D eigenvalue weighted by atomic mass is 16.3. The summed E-state index contributed by atoms with van der Waals surface area (Å²) in [5, 5.41) is 13.0. The molecule has 102 valence electrons. The van der Waals surface area contributed by atoms with Crippen LogP contribution in [0.25, 0.3) is 0 Å². The molecule has 1 rings (SSSR count). The Morgan fingerprint density at radius 2 is 1.88 bits per heavy atom. The second-order valence-corrected chi connectivity index (χ2v) is 6.48. The third-order valence-electron chi connectivity index (χ3n) is 4.40. The summed E-state index contributed by atoms with van der Waals surface area (Å²) in [7, 11) is 0. The van der Waals surface area contributed by atoms with Gasteiger partial charge in [0, 0.05) is 6.61 Å². The van der Waals surface area contributed by atoms with Crippen LogP contribution in [0.4, 0.5) is 0 Å². The van der Waals surface area contributed by atoms with Gasteiger partial charge in [0.2, 0.25) is 0 Å². The first-order valence-corrected chi connectivity index (χ1v) is 7.40. The number of rotatable bonds is 7. The van der Waals surface area contributed by atoms with Crippen LogP contribution in [-0.4, -0.2) is 24.8 Å². The van der Waals surface area contributed by atoms with Gasteiger partial charge in [-0.15, -0.1) is 0 Å². The van der Waals surface area contributed by atoms with Crippen molar-refractivity contribution in [1.29, 1.82) is 0 Å². The molecule has 0 aliphatic heterocycles. The maximum atomic E-state index is 9.54. The Labute approximate surface area is 107 Å². The highest BCUT2D eigenvalue weighted by molar-refractivity contribution is 4.82. The van der Waals surface area contributed by atoms with E-state index in [-0.39, 0.29) is 0 Å². The normalized spacial score (nSPS) is 22.6. The van der Waals surface area contributed by atoms with E-state index in [1.165, 1.54) is 32.1 Å². The molecule has 2 N–H and O–H groups in total. The lowest BCUT2D eigenvalue weighted by Gasteiger charge is -2.37. The Balaban J connectivity index is 2.26. The number of nitrogens with one attached hydrogen (secondary N) is 1. The third kappa shape index (κ3) is 5.39. The molecule has 17 heavy (non-hydrogen) atoms. The largest absolute Gasteiger partial charge is 0.396 e. The molecule has 0 aromatic rings. The lowest BCUT2D eigenvalue weighted by molar-refractivity contribution is 0.100. The molecule has 0 spiro atoms. The first-order chi connectivity index (χ1) is 8.09. The van der Waals surface area contributed by atoms with Crippen molar-refractivity contribution < 1.29 is 5.11 Å². The monoisotopic (exact) mass is 241 g/mol. The van der Waals surface area contributed by atoms with Gasteiger partial charge < -0.3 is 10.4 Å². The van der Waals surface area contributed by atoms with E-state index >= 15 is 0 Å². The highest BCUT2D eigenvalue weighted by Crippen LogP contribution is 2.41. The van der Waals surface area contributed by atoms with E-state index in [1.807, 2.05) is 0 Å². The fourth-order valence-electron chi connectivity index (χ4n) is 2.96. The van der Waals surface area contributed by atoms with Crippen LogP contribution < -0.4 is 5.32 Å². The summed E-state index contributed by atoms with van der Waals surface area (Å²) < 4.78 is 0. The van der Waals surface area contributed by atoms with Crippen LogP contribution in [0.3, 0.4) is 0 Å². The molecule has 1 atom stereocenters. The van der Waals surface area contributed by atoms with Crippen LogP contribution >= 0.6 is 0 Å². The fraction of sp³-hybridized carbons (Fsp3) is 1.00. The minimum absolute atomic E-state index is 0.374. The summed E-state index contributed by atoms with van der Waals surface area (Å²) in [6.45, 7) is 9.49. The van der Waals surface area contributed by atoms with Crippen molar-refractivity contribution in [3.63, 3.8) is 0 Å². The van der Waals surface area contributed by atoms with Gasteiger partial charge in [0.1, 0.15) is 0 Å². The van der Waals surface area contributed by atoms with E-state index in [2.05, 4.69) is 26.1 Å². The van der Waals surface area contributed by atoms with E-state index < -0.39 is 0 Å². The van der Waals surface area contributed by atoms with Crippen LogP contribution in [0.5, 0.6) is 0 Å². The summed E-state index contributed by atoms with van der Waals surface area (Å²) in [5.41, 5.74) is 0.539. The van der Waals surface area contributed by atoms with Crippen molar-refractivity contribution >= 4 is 0 Å². The summed E-state index contributed by atoms with van der Waals surface area (Å²) in [5.74, 6) is 1.28. The Morgan fingerprint density at radius 1 is 1.24 bits per heavy atom. The first-order valence-electron chi connectivity index (χ1n) is 7.40. The van der Waals surface area contributed by atoms with Crippen LogP contribution in [0.2, 0.25) is 0 Å². The van der Waals surface area contributed by atoms with Gasteiger partial charge in [-0.1, -0.05) is 20.8 Å². The van der Waals surface area contributed by atoms with E-state index in [0.29, 0.717) is 17.9 Å². The van der Waals surface area contributed by atoms with Crippen molar-refractivity contribution in [3.8, 4) is 0 Å². The molecule has 0 aromatic heterocycles. The molecule has 0 heterocycles. The lowest BCUT2D eigenvalue weighted by atomic mass is 9.69. The van der Waals surface area contributed by atoms with Gasteiger partial charge in [-0.05, 0) is 68.9 Å². The molecule has 1 saturated carbocycles. The van der Waals surface area contributed by atoms with Crippen LogP contribution in [-0.2, 0) is 0 Å². The van der Waals surface area contributed by atoms with Gasteiger partial charge in [0.05, 0.1) is 0 Å². The summed E-state index contributed by atoms with van der Waals surface area (Å²) >= 11 is 0. The zero-order valence-corrected chi connectivity index (χ0v) is 12.0. The molecular weight excluding hydrogens is 210 g/mol. The number of hydrogen-bond acceptors (Lipinski definition) is 2. The zero-order chi connectivity index (χ0) is 12.7. The number of aliphatic hydroxyl groups is 1. The van der Waals surface area contributed by atoms with E-state index in [0.717, 1.165) is 25.4 Å². The topological polar surface area (TPSA) is 32.3 Å². The average Bonchev–Trinajstić information content (AvgIpc) is 2.30. The molecule has 2 nitrogen and oxygen atoms in total. The molecule has 1 unspecified atom stereocenters. The average molecular weight is 241 g/mol. The SMILES string of the molecule is CCCNCCC(CO)C1CCC(C)(C)CC1. The summed E-state index contributed by atoms with van der Waals surface area (Å²) in [4.78, 5) is 0. The Morgan fingerprint density at radius 3 is 2.41 bits per heavy atom. The van der Waals surface area contributed by atoms with Crippen LogP contribution in [0, 0.1) is 17.3 Å². The van der Waals surface area contributed by atoms with Crippen molar-refractivity contribution in [2.45, 2.75) is 59.3 Å². The first kappa shape index (κ1) is 15.0. The lowest BCUT2D eigenvalue weighted by Crippen LogP contribution is -2.30. The van der Waals surface area contributed by atoms with Crippen molar-refractivity contribution in [2.24, 2.45) is 17.3 Å². The predicted octanol–water partition coefficient (Wildman–Crippen LogP) is 3.20. The maximum Gasteiger partial charge on any atom is 0.0462 e. The summed E-state index contributed by atoms with van der Waals surface area (Å²) in [6.07, 6.45) is 7.62. The molecule has 1 aliphatic rings. The maximum absolute atomic E-state index is 9.54. The summed E-state index contributed by atoms with van der Waals surface area (Å²) in [6, 6.07) is 0. The van der Waals surface area contributed by atoms with Gasteiger partial charge in [0.15, 0.2) is 0 Å².